The molecule has 3 rings (SSSR count). The van der Waals surface area contributed by atoms with Crippen LogP contribution in [0.15, 0.2) is 54.2 Å². The zero-order chi connectivity index (χ0) is 22.4. The minimum atomic E-state index is -0.483. The Bertz CT molecular complexity index is 1030. The van der Waals surface area contributed by atoms with E-state index in [9.17, 15) is 14.4 Å². The molecule has 1 heterocycles. The average molecular weight is 425 g/mol. The summed E-state index contributed by atoms with van der Waals surface area (Å²) in [7, 11) is 4.30. The molecule has 0 atom stereocenters. The Hall–Kier alpha value is -4.01. The number of amides is 2. The maximum absolute atomic E-state index is 12.9. The number of hydrogen-bond donors (Lipinski definition) is 2. The number of anilines is 3. The number of carbonyl (C=O) groups is 3. The molecule has 2 aromatic rings. The molecular formula is C22H23N3O6. The summed E-state index contributed by atoms with van der Waals surface area (Å²) in [5.74, 6) is -0.315. The molecule has 0 aromatic heterocycles. The molecule has 2 aromatic carbocycles. The Labute approximate surface area is 179 Å². The van der Waals surface area contributed by atoms with Crippen LogP contribution in [0.1, 0.15) is 6.42 Å². The van der Waals surface area contributed by atoms with Crippen LogP contribution in [0.5, 0.6) is 11.5 Å². The van der Waals surface area contributed by atoms with E-state index in [-0.39, 0.29) is 13.0 Å². The Balaban J connectivity index is 1.82. The third-order valence-corrected chi connectivity index (χ3v) is 4.59. The van der Waals surface area contributed by atoms with Gasteiger partial charge in [0.2, 0.25) is 5.91 Å². The largest absolute Gasteiger partial charge is 0.493 e. The summed E-state index contributed by atoms with van der Waals surface area (Å²) in [5.41, 5.74) is 2.00. The number of fused-ring (bicyclic) bond motifs is 1. The fourth-order valence-electron chi connectivity index (χ4n) is 3.11. The van der Waals surface area contributed by atoms with Crippen LogP contribution in [0.25, 0.3) is 0 Å². The second kappa shape index (κ2) is 9.66. The van der Waals surface area contributed by atoms with Crippen LogP contribution in [-0.2, 0) is 19.1 Å². The number of rotatable bonds is 7. The highest BCUT2D eigenvalue weighted by Gasteiger charge is 2.25. The predicted molar refractivity (Wildman–Crippen MR) is 115 cm³/mol. The second-order valence-corrected chi connectivity index (χ2v) is 6.61. The molecule has 0 spiro atoms. The number of methoxy groups -OCH3 is 3. The minimum absolute atomic E-state index is 0.0950. The van der Waals surface area contributed by atoms with Crippen molar-refractivity contribution in [1.29, 1.82) is 0 Å². The van der Waals surface area contributed by atoms with Gasteiger partial charge in [-0.2, -0.15) is 0 Å². The molecule has 9 heteroatoms. The number of nitrogens with zero attached hydrogens (tertiary/aromatic N) is 1. The molecule has 1 aliphatic heterocycles. The molecule has 0 bridgehead atoms. The highest BCUT2D eigenvalue weighted by atomic mass is 16.5. The van der Waals surface area contributed by atoms with Gasteiger partial charge in [-0.25, -0.2) is 0 Å². The average Bonchev–Trinajstić information content (AvgIpc) is 2.89. The van der Waals surface area contributed by atoms with Crippen LogP contribution in [0.2, 0.25) is 0 Å². The van der Waals surface area contributed by atoms with E-state index in [1.54, 1.807) is 42.5 Å². The van der Waals surface area contributed by atoms with Gasteiger partial charge in [-0.15, -0.1) is 0 Å². The van der Waals surface area contributed by atoms with E-state index in [2.05, 4.69) is 15.4 Å². The van der Waals surface area contributed by atoms with Gasteiger partial charge in [0.25, 0.3) is 5.91 Å². The fraction of sp³-hybridized carbons (Fsp3) is 0.227. The van der Waals surface area contributed by atoms with E-state index >= 15 is 0 Å². The van der Waals surface area contributed by atoms with E-state index in [0.717, 1.165) is 0 Å². The van der Waals surface area contributed by atoms with E-state index in [1.165, 1.54) is 32.3 Å². The maximum Gasteiger partial charge on any atom is 0.311 e. The third kappa shape index (κ3) is 5.13. The Morgan fingerprint density at radius 1 is 1.03 bits per heavy atom. The van der Waals surface area contributed by atoms with Gasteiger partial charge >= 0.3 is 5.97 Å². The smallest absolute Gasteiger partial charge is 0.311 e. The quantitative estimate of drug-likeness (QED) is 0.657. The van der Waals surface area contributed by atoms with Crippen molar-refractivity contribution in [1.82, 2.24) is 0 Å². The summed E-state index contributed by atoms with van der Waals surface area (Å²) >= 11 is 0. The minimum Gasteiger partial charge on any atom is -0.493 e. The molecular weight excluding hydrogens is 402 g/mol. The third-order valence-electron chi connectivity index (χ3n) is 4.59. The number of para-hydroxylation sites is 2. The van der Waals surface area contributed by atoms with Gasteiger partial charge in [-0.05, 0) is 24.3 Å². The SMILES string of the molecule is COC(=O)CC1=CC(=O)N(CC(=O)Nc2ccc(OC)c(OC)c2)c2ccccc2N1. The van der Waals surface area contributed by atoms with Crippen LogP contribution < -0.4 is 25.0 Å². The molecule has 0 unspecified atom stereocenters. The number of nitrogens with one attached hydrogen (secondary N) is 2. The van der Waals surface area contributed by atoms with Crippen molar-refractivity contribution in [2.45, 2.75) is 6.42 Å². The molecule has 9 nitrogen and oxygen atoms in total. The molecule has 0 saturated carbocycles. The van der Waals surface area contributed by atoms with Crippen molar-refractivity contribution in [2.75, 3.05) is 43.4 Å². The van der Waals surface area contributed by atoms with Crippen LogP contribution >= 0.6 is 0 Å². The van der Waals surface area contributed by atoms with Crippen molar-refractivity contribution < 1.29 is 28.6 Å². The first-order valence-corrected chi connectivity index (χ1v) is 9.42. The molecule has 0 fully saturated rings. The molecule has 0 aliphatic carbocycles. The van der Waals surface area contributed by atoms with Crippen molar-refractivity contribution in [2.24, 2.45) is 0 Å². The number of carbonyl (C=O) groups excluding carboxylic acids is 3. The van der Waals surface area contributed by atoms with Crippen LogP contribution in [0, 0.1) is 0 Å². The summed E-state index contributed by atoms with van der Waals surface area (Å²) in [6, 6.07) is 12.0. The highest BCUT2D eigenvalue weighted by molar-refractivity contribution is 6.10. The Kier molecular flexibility index (Phi) is 6.76. The molecule has 31 heavy (non-hydrogen) atoms. The van der Waals surface area contributed by atoms with E-state index in [0.29, 0.717) is 34.3 Å². The normalized spacial score (nSPS) is 12.7. The molecule has 0 radical (unpaired) electrons. The lowest BCUT2D eigenvalue weighted by molar-refractivity contribution is -0.139. The lowest BCUT2D eigenvalue weighted by Gasteiger charge is -2.22. The molecule has 162 valence electrons. The van der Waals surface area contributed by atoms with Crippen molar-refractivity contribution in [3.05, 3.63) is 54.2 Å². The van der Waals surface area contributed by atoms with Gasteiger partial charge in [0.05, 0.1) is 39.1 Å². The number of hydrogen-bond acceptors (Lipinski definition) is 7. The number of esters is 1. The first-order valence-electron chi connectivity index (χ1n) is 9.42. The molecule has 2 N–H and O–H groups in total. The predicted octanol–water partition coefficient (Wildman–Crippen LogP) is 2.55. The standard InChI is InChI=1S/C22H23N3O6/c1-29-18-9-8-14(10-19(18)30-2)24-20(26)13-25-17-7-5-4-6-16(17)23-15(11-21(25)27)12-22(28)31-3/h4-11,23H,12-13H2,1-3H3,(H,24,26). The van der Waals surface area contributed by atoms with Crippen LogP contribution in [0.3, 0.4) is 0 Å². The summed E-state index contributed by atoms with van der Waals surface area (Å²) in [4.78, 5) is 38.6. The topological polar surface area (TPSA) is 106 Å². The Morgan fingerprint density at radius 2 is 1.77 bits per heavy atom. The summed E-state index contributed by atoms with van der Waals surface area (Å²) in [6.07, 6.45) is 1.20. The molecule has 1 aliphatic rings. The van der Waals surface area contributed by atoms with Gasteiger partial charge < -0.3 is 24.8 Å². The van der Waals surface area contributed by atoms with Gasteiger partial charge in [0.1, 0.15) is 6.54 Å². The lowest BCUT2D eigenvalue weighted by atomic mass is 10.2. The summed E-state index contributed by atoms with van der Waals surface area (Å²) in [5, 5.41) is 5.83. The first-order chi connectivity index (χ1) is 14.9. The zero-order valence-corrected chi connectivity index (χ0v) is 17.4. The van der Waals surface area contributed by atoms with E-state index in [1.807, 2.05) is 0 Å². The first kappa shape index (κ1) is 21.7. The van der Waals surface area contributed by atoms with Crippen LogP contribution in [0.4, 0.5) is 17.1 Å². The van der Waals surface area contributed by atoms with Gasteiger partial charge in [0, 0.05) is 23.5 Å². The molecule has 2 amide bonds. The number of benzene rings is 2. The fourth-order valence-corrected chi connectivity index (χ4v) is 3.11. The van der Waals surface area contributed by atoms with Gasteiger partial charge in [0.15, 0.2) is 11.5 Å². The van der Waals surface area contributed by atoms with Gasteiger partial charge in [-0.3, -0.25) is 19.3 Å². The van der Waals surface area contributed by atoms with Crippen molar-refractivity contribution in [3.63, 3.8) is 0 Å². The summed E-state index contributed by atoms with van der Waals surface area (Å²) in [6.45, 7) is -0.228. The van der Waals surface area contributed by atoms with Crippen LogP contribution in [-0.4, -0.2) is 45.7 Å². The number of ether oxygens (including phenoxy) is 3. The van der Waals surface area contributed by atoms with Crippen molar-refractivity contribution in [3.8, 4) is 11.5 Å². The maximum atomic E-state index is 12.9. The zero-order valence-electron chi connectivity index (χ0n) is 17.4. The van der Waals surface area contributed by atoms with E-state index < -0.39 is 17.8 Å². The molecule has 0 saturated heterocycles. The monoisotopic (exact) mass is 425 g/mol. The Morgan fingerprint density at radius 3 is 2.48 bits per heavy atom. The van der Waals surface area contributed by atoms with Gasteiger partial charge in [-0.1, -0.05) is 12.1 Å². The second-order valence-electron chi connectivity index (χ2n) is 6.61. The van der Waals surface area contributed by atoms with E-state index in [4.69, 9.17) is 9.47 Å². The lowest BCUT2D eigenvalue weighted by Crippen LogP contribution is -2.37. The highest BCUT2D eigenvalue weighted by Crippen LogP contribution is 2.31. The van der Waals surface area contributed by atoms with Crippen molar-refractivity contribution >= 4 is 34.8 Å². The summed E-state index contributed by atoms with van der Waals surface area (Å²) < 4.78 is 15.1.